The normalized spacial score (nSPS) is 12.3. The third-order valence-corrected chi connectivity index (χ3v) is 2.82. The van der Waals surface area contributed by atoms with Crippen LogP contribution in [0.4, 0.5) is 14.9 Å². The average molecular weight is 289 g/mol. The molecular formula is C13H18ClFN2O2. The molecule has 0 radical (unpaired) electrons. The summed E-state index contributed by atoms with van der Waals surface area (Å²) in [5.41, 5.74) is 0.195. The van der Waals surface area contributed by atoms with Gasteiger partial charge < -0.3 is 15.7 Å². The van der Waals surface area contributed by atoms with Crippen LogP contribution in [-0.2, 0) is 0 Å². The van der Waals surface area contributed by atoms with Crippen molar-refractivity contribution in [3.05, 3.63) is 29.0 Å². The van der Waals surface area contributed by atoms with Gasteiger partial charge in [-0.1, -0.05) is 25.4 Å². The van der Waals surface area contributed by atoms with Crippen molar-refractivity contribution in [1.82, 2.24) is 5.32 Å². The number of carbonyl (C=O) groups excluding carboxylic acids is 1. The van der Waals surface area contributed by atoms with Crippen LogP contribution in [0.3, 0.4) is 0 Å². The summed E-state index contributed by atoms with van der Waals surface area (Å²) in [6.07, 6.45) is 0.654. The highest BCUT2D eigenvalue weighted by Crippen LogP contribution is 2.22. The van der Waals surface area contributed by atoms with Crippen LogP contribution in [0.15, 0.2) is 18.2 Å². The second-order valence-corrected chi connectivity index (χ2v) is 5.14. The van der Waals surface area contributed by atoms with E-state index in [1.165, 1.54) is 12.1 Å². The highest BCUT2D eigenvalue weighted by molar-refractivity contribution is 6.33. The Hall–Kier alpha value is -1.33. The number of hydrogen-bond donors (Lipinski definition) is 3. The second-order valence-electron chi connectivity index (χ2n) is 4.73. The third kappa shape index (κ3) is 5.44. The standard InChI is InChI=1S/C13H18ClFN2O2/c1-8(2)5-10(7-18)16-13(19)17-12-6-9(15)3-4-11(12)14/h3-4,6,8,10,18H,5,7H2,1-2H3,(H2,16,17,19). The molecule has 1 atom stereocenters. The Bertz CT molecular complexity index is 441. The SMILES string of the molecule is CC(C)CC(CO)NC(=O)Nc1cc(F)ccc1Cl. The van der Waals surface area contributed by atoms with Crippen molar-refractivity contribution in [2.24, 2.45) is 5.92 Å². The van der Waals surface area contributed by atoms with Gasteiger partial charge in [0.2, 0.25) is 0 Å². The lowest BCUT2D eigenvalue weighted by atomic mass is 10.0. The molecule has 0 bridgehead atoms. The first-order valence-corrected chi connectivity index (χ1v) is 6.43. The van der Waals surface area contributed by atoms with Gasteiger partial charge in [-0.25, -0.2) is 9.18 Å². The first-order valence-electron chi connectivity index (χ1n) is 6.05. The quantitative estimate of drug-likeness (QED) is 0.780. The van der Waals surface area contributed by atoms with E-state index < -0.39 is 11.8 Å². The number of hydrogen-bond acceptors (Lipinski definition) is 2. The van der Waals surface area contributed by atoms with Gasteiger partial charge in [-0.05, 0) is 30.5 Å². The first-order chi connectivity index (χ1) is 8.92. The molecule has 106 valence electrons. The summed E-state index contributed by atoms with van der Waals surface area (Å²) in [5.74, 6) is -0.143. The molecule has 0 spiro atoms. The number of aliphatic hydroxyl groups excluding tert-OH is 1. The van der Waals surface area contributed by atoms with Crippen molar-refractivity contribution in [3.8, 4) is 0 Å². The summed E-state index contributed by atoms with van der Waals surface area (Å²) < 4.78 is 13.0. The molecule has 0 fully saturated rings. The van der Waals surface area contributed by atoms with Gasteiger partial charge in [0.1, 0.15) is 5.82 Å². The van der Waals surface area contributed by atoms with Gasteiger partial charge in [0.15, 0.2) is 0 Å². The zero-order valence-corrected chi connectivity index (χ0v) is 11.7. The van der Waals surface area contributed by atoms with E-state index in [1.54, 1.807) is 0 Å². The van der Waals surface area contributed by atoms with Crippen LogP contribution >= 0.6 is 11.6 Å². The van der Waals surface area contributed by atoms with Crippen LogP contribution in [0.25, 0.3) is 0 Å². The van der Waals surface area contributed by atoms with Gasteiger partial charge in [-0.15, -0.1) is 0 Å². The van der Waals surface area contributed by atoms with E-state index in [0.717, 1.165) is 6.07 Å². The van der Waals surface area contributed by atoms with Crippen molar-refractivity contribution in [3.63, 3.8) is 0 Å². The lowest BCUT2D eigenvalue weighted by Gasteiger charge is -2.18. The lowest BCUT2D eigenvalue weighted by Crippen LogP contribution is -2.41. The summed E-state index contributed by atoms with van der Waals surface area (Å²) in [6.45, 7) is 3.83. The number of aliphatic hydroxyl groups is 1. The Kier molecular flexibility index (Phi) is 6.05. The summed E-state index contributed by atoms with van der Waals surface area (Å²) >= 11 is 5.84. The molecule has 0 saturated carbocycles. The molecular weight excluding hydrogens is 271 g/mol. The molecule has 0 aliphatic rings. The molecule has 0 saturated heterocycles. The van der Waals surface area contributed by atoms with Crippen LogP contribution in [-0.4, -0.2) is 23.8 Å². The minimum absolute atomic E-state index is 0.150. The Morgan fingerprint density at radius 1 is 1.47 bits per heavy atom. The molecule has 4 nitrogen and oxygen atoms in total. The molecule has 1 aromatic carbocycles. The molecule has 1 rings (SSSR count). The van der Waals surface area contributed by atoms with Gasteiger partial charge in [0, 0.05) is 0 Å². The molecule has 1 aromatic rings. The molecule has 19 heavy (non-hydrogen) atoms. The Labute approximate surface area is 117 Å². The predicted molar refractivity (Wildman–Crippen MR) is 73.9 cm³/mol. The van der Waals surface area contributed by atoms with Gasteiger partial charge in [-0.2, -0.15) is 0 Å². The van der Waals surface area contributed by atoms with E-state index in [2.05, 4.69) is 10.6 Å². The molecule has 0 aliphatic heterocycles. The van der Waals surface area contributed by atoms with Crippen molar-refractivity contribution in [2.75, 3.05) is 11.9 Å². The van der Waals surface area contributed by atoms with Gasteiger partial charge >= 0.3 is 6.03 Å². The van der Waals surface area contributed by atoms with Crippen LogP contribution in [0, 0.1) is 11.7 Å². The number of rotatable bonds is 5. The van der Waals surface area contributed by atoms with E-state index in [-0.39, 0.29) is 23.4 Å². The van der Waals surface area contributed by atoms with Gasteiger partial charge in [0.05, 0.1) is 23.4 Å². The predicted octanol–water partition coefficient (Wildman–Crippen LogP) is 3.01. The monoisotopic (exact) mass is 288 g/mol. The maximum absolute atomic E-state index is 13.0. The van der Waals surface area contributed by atoms with E-state index in [1.807, 2.05) is 13.8 Å². The van der Waals surface area contributed by atoms with Crippen molar-refractivity contribution in [2.45, 2.75) is 26.3 Å². The fourth-order valence-electron chi connectivity index (χ4n) is 1.69. The molecule has 2 amide bonds. The van der Waals surface area contributed by atoms with Gasteiger partial charge in [0.25, 0.3) is 0 Å². The first kappa shape index (κ1) is 15.7. The zero-order chi connectivity index (χ0) is 14.4. The fourth-order valence-corrected chi connectivity index (χ4v) is 1.85. The van der Waals surface area contributed by atoms with E-state index >= 15 is 0 Å². The average Bonchev–Trinajstić information content (AvgIpc) is 2.32. The number of carbonyl (C=O) groups is 1. The maximum Gasteiger partial charge on any atom is 0.319 e. The van der Waals surface area contributed by atoms with E-state index in [0.29, 0.717) is 12.3 Å². The Balaban J connectivity index is 2.61. The molecule has 6 heteroatoms. The highest BCUT2D eigenvalue weighted by atomic mass is 35.5. The Morgan fingerprint density at radius 2 is 2.16 bits per heavy atom. The molecule has 3 N–H and O–H groups in total. The van der Waals surface area contributed by atoms with E-state index in [4.69, 9.17) is 16.7 Å². The minimum atomic E-state index is -0.521. The van der Waals surface area contributed by atoms with E-state index in [9.17, 15) is 9.18 Å². The molecule has 0 heterocycles. The molecule has 0 aromatic heterocycles. The number of halogens is 2. The summed E-state index contributed by atoms with van der Waals surface area (Å²) in [5, 5.41) is 14.5. The summed E-state index contributed by atoms with van der Waals surface area (Å²) in [7, 11) is 0. The van der Waals surface area contributed by atoms with Crippen molar-refractivity contribution < 1.29 is 14.3 Å². The third-order valence-electron chi connectivity index (χ3n) is 2.49. The topological polar surface area (TPSA) is 61.4 Å². The smallest absolute Gasteiger partial charge is 0.319 e. The van der Waals surface area contributed by atoms with Crippen LogP contribution in [0.5, 0.6) is 0 Å². The maximum atomic E-state index is 13.0. The molecule has 0 aliphatic carbocycles. The molecule has 1 unspecified atom stereocenters. The van der Waals surface area contributed by atoms with Gasteiger partial charge in [-0.3, -0.25) is 0 Å². The Morgan fingerprint density at radius 3 is 2.74 bits per heavy atom. The summed E-state index contributed by atoms with van der Waals surface area (Å²) in [6, 6.07) is 2.85. The van der Waals surface area contributed by atoms with Crippen LogP contribution in [0.2, 0.25) is 5.02 Å². The minimum Gasteiger partial charge on any atom is -0.394 e. The lowest BCUT2D eigenvalue weighted by molar-refractivity contribution is 0.214. The van der Waals surface area contributed by atoms with Crippen LogP contribution < -0.4 is 10.6 Å². The number of amides is 2. The summed E-state index contributed by atoms with van der Waals surface area (Å²) in [4.78, 5) is 11.7. The second kappa shape index (κ2) is 7.31. The number of nitrogens with one attached hydrogen (secondary N) is 2. The van der Waals surface area contributed by atoms with Crippen molar-refractivity contribution in [1.29, 1.82) is 0 Å². The largest absolute Gasteiger partial charge is 0.394 e. The number of benzene rings is 1. The highest BCUT2D eigenvalue weighted by Gasteiger charge is 2.14. The fraction of sp³-hybridized carbons (Fsp3) is 0.462. The zero-order valence-electron chi connectivity index (χ0n) is 10.9. The number of urea groups is 1. The van der Waals surface area contributed by atoms with Crippen molar-refractivity contribution >= 4 is 23.3 Å². The van der Waals surface area contributed by atoms with Crippen LogP contribution in [0.1, 0.15) is 20.3 Å². The number of anilines is 1.